The summed E-state index contributed by atoms with van der Waals surface area (Å²) >= 11 is 0. The van der Waals surface area contributed by atoms with Crippen LogP contribution in [0, 0.1) is 0 Å². The molecule has 0 saturated carbocycles. The molecule has 1 aliphatic carbocycles. The number of carbonyl (C=O) groups is 2. The fraction of sp³-hybridized carbons (Fsp3) is 0.379. The molecular formula is C29H44BN3O4. The van der Waals surface area contributed by atoms with Gasteiger partial charge in [-0.25, -0.2) is 0 Å². The van der Waals surface area contributed by atoms with Crippen LogP contribution in [-0.2, 0) is 22.4 Å². The largest absolute Gasteiger partial charge is 0.475 e. The van der Waals surface area contributed by atoms with E-state index in [1.165, 1.54) is 22.4 Å². The number of fused-ring (bicyclic) bond motifs is 1. The van der Waals surface area contributed by atoms with Gasteiger partial charge in [-0.15, -0.1) is 6.58 Å². The van der Waals surface area contributed by atoms with Crippen LogP contribution in [0.1, 0.15) is 51.3 Å². The number of nitrogens with one attached hydrogen (secondary N) is 2. The van der Waals surface area contributed by atoms with Crippen LogP contribution in [0.5, 0.6) is 0 Å². The Morgan fingerprint density at radius 1 is 1.14 bits per heavy atom. The van der Waals surface area contributed by atoms with Crippen molar-refractivity contribution in [3.63, 3.8) is 0 Å². The molecule has 2 aromatic rings. The maximum Gasteiger partial charge on any atom is 0.475 e. The molecule has 1 atom stereocenters. The molecule has 0 radical (unpaired) electrons. The molecule has 37 heavy (non-hydrogen) atoms. The summed E-state index contributed by atoms with van der Waals surface area (Å²) in [5.74, 6) is -1.29. The lowest BCUT2D eigenvalue weighted by atomic mass is 9.76. The van der Waals surface area contributed by atoms with Crippen molar-refractivity contribution in [3.8, 4) is 0 Å². The number of hydrogen-bond acceptors (Lipinski definition) is 5. The molecule has 0 bridgehead atoms. The van der Waals surface area contributed by atoms with Crippen LogP contribution in [0.3, 0.4) is 0 Å². The fourth-order valence-electron chi connectivity index (χ4n) is 3.61. The highest BCUT2D eigenvalue weighted by Gasteiger charge is 2.25. The molecule has 0 unspecified atom stereocenters. The highest BCUT2D eigenvalue weighted by atomic mass is 16.4. The molecule has 0 aliphatic heterocycles. The topological polar surface area (TPSA) is 102 Å². The predicted octanol–water partition coefficient (Wildman–Crippen LogP) is 3.62. The van der Waals surface area contributed by atoms with Crippen LogP contribution >= 0.6 is 0 Å². The third-order valence-electron chi connectivity index (χ3n) is 5.50. The van der Waals surface area contributed by atoms with Crippen molar-refractivity contribution >= 4 is 25.0 Å². The Morgan fingerprint density at radius 3 is 2.22 bits per heavy atom. The first-order chi connectivity index (χ1) is 17.8. The molecule has 4 N–H and O–H groups in total. The van der Waals surface area contributed by atoms with Crippen molar-refractivity contribution in [1.29, 1.82) is 0 Å². The number of nitrogens with zero attached hydrogens (tertiary/aromatic N) is 1. The van der Waals surface area contributed by atoms with E-state index in [1.54, 1.807) is 6.08 Å². The monoisotopic (exact) mass is 509 g/mol. The highest BCUT2D eigenvalue weighted by Crippen LogP contribution is 2.33. The Labute approximate surface area is 223 Å². The van der Waals surface area contributed by atoms with Crippen molar-refractivity contribution in [2.24, 2.45) is 0 Å². The van der Waals surface area contributed by atoms with Crippen LogP contribution in [0.25, 0.3) is 5.57 Å². The fourth-order valence-corrected chi connectivity index (χ4v) is 3.61. The van der Waals surface area contributed by atoms with E-state index in [0.717, 1.165) is 18.5 Å². The Hall–Kier alpha value is -3.36. The van der Waals surface area contributed by atoms with Gasteiger partial charge in [0, 0.05) is 25.7 Å². The van der Waals surface area contributed by atoms with E-state index in [-0.39, 0.29) is 6.54 Å². The van der Waals surface area contributed by atoms with Crippen molar-refractivity contribution in [3.05, 3.63) is 89.6 Å². The SMILES string of the molecule is C=CC.CC.CCN(C)C1=C(C)c2ccccc2C1.O=CNCC(=O)N[C@@H](Cc1ccccc1)B(O)O. The lowest BCUT2D eigenvalue weighted by molar-refractivity contribution is -0.122. The first-order valence-corrected chi connectivity index (χ1v) is 12.7. The Balaban J connectivity index is 0.000000607. The summed E-state index contributed by atoms with van der Waals surface area (Å²) in [6.07, 6.45) is 3.55. The van der Waals surface area contributed by atoms with E-state index < -0.39 is 19.0 Å². The van der Waals surface area contributed by atoms with Gasteiger partial charge in [0.15, 0.2) is 0 Å². The number of likely N-dealkylation sites (N-methyl/N-ethyl adjacent to an activating group) is 1. The molecule has 0 heterocycles. The molecule has 0 aromatic heterocycles. The maximum absolute atomic E-state index is 11.4. The zero-order chi connectivity index (χ0) is 28.2. The minimum atomic E-state index is -1.66. The second kappa shape index (κ2) is 19.8. The second-order valence-corrected chi connectivity index (χ2v) is 8.10. The number of carbonyl (C=O) groups excluding carboxylic acids is 2. The summed E-state index contributed by atoms with van der Waals surface area (Å²) in [6.45, 7) is 14.6. The standard InChI is InChI=1S/C13H17N.C11H15BN2O4.C3H6.C2H6/c1-4-14(3)13-9-11-7-5-6-8-12(11)10(13)2;15-8-13-7-11(16)14-10(12(17)18)6-9-4-2-1-3-5-9;1-3-2;1-2/h5-8H,4,9H2,1-3H3;1-5,8,10,17-18H,6-7H2,(H,13,15)(H,14,16);3H,1H2,2H3;1-2H3/t;10-;;/m.0../s1. The first kappa shape index (κ1) is 33.6. The van der Waals surface area contributed by atoms with Gasteiger partial charge in [-0.3, -0.25) is 9.59 Å². The number of benzene rings is 2. The van der Waals surface area contributed by atoms with E-state index in [4.69, 9.17) is 0 Å². The average molecular weight is 510 g/mol. The van der Waals surface area contributed by atoms with Crippen molar-refractivity contribution in [1.82, 2.24) is 15.5 Å². The van der Waals surface area contributed by atoms with E-state index >= 15 is 0 Å². The molecule has 0 spiro atoms. The highest BCUT2D eigenvalue weighted by molar-refractivity contribution is 6.43. The second-order valence-electron chi connectivity index (χ2n) is 8.10. The predicted molar refractivity (Wildman–Crippen MR) is 155 cm³/mol. The molecule has 2 amide bonds. The van der Waals surface area contributed by atoms with Gasteiger partial charge in [0.1, 0.15) is 0 Å². The summed E-state index contributed by atoms with van der Waals surface area (Å²) in [7, 11) is 0.510. The van der Waals surface area contributed by atoms with Gasteiger partial charge < -0.3 is 25.6 Å². The summed E-state index contributed by atoms with van der Waals surface area (Å²) in [5, 5.41) is 23.0. The van der Waals surface area contributed by atoms with Crippen LogP contribution < -0.4 is 10.6 Å². The number of hydrogen-bond donors (Lipinski definition) is 4. The van der Waals surface area contributed by atoms with E-state index in [2.05, 4.69) is 67.3 Å². The summed E-state index contributed by atoms with van der Waals surface area (Å²) < 4.78 is 0. The summed E-state index contributed by atoms with van der Waals surface area (Å²) in [6, 6.07) is 17.9. The Kier molecular flexibility index (Phi) is 18.0. The Bertz CT molecular complexity index is 965. The third kappa shape index (κ3) is 12.4. The minimum Gasteiger partial charge on any atom is -0.426 e. The molecule has 2 aromatic carbocycles. The van der Waals surface area contributed by atoms with E-state index in [1.807, 2.05) is 51.1 Å². The molecule has 7 nitrogen and oxygen atoms in total. The molecule has 8 heteroatoms. The van der Waals surface area contributed by atoms with Crippen molar-refractivity contribution in [2.75, 3.05) is 20.1 Å². The molecule has 1 aliphatic rings. The lowest BCUT2D eigenvalue weighted by Crippen LogP contribution is -2.50. The van der Waals surface area contributed by atoms with Gasteiger partial charge in [-0.1, -0.05) is 74.5 Å². The van der Waals surface area contributed by atoms with Crippen LogP contribution in [0.4, 0.5) is 0 Å². The number of amides is 2. The zero-order valence-corrected chi connectivity index (χ0v) is 23.2. The van der Waals surface area contributed by atoms with E-state index in [9.17, 15) is 19.6 Å². The third-order valence-corrected chi connectivity index (χ3v) is 5.50. The van der Waals surface area contributed by atoms with Crippen LogP contribution in [-0.4, -0.2) is 60.5 Å². The Morgan fingerprint density at radius 2 is 1.70 bits per heavy atom. The molecule has 0 fully saturated rings. The molecule has 3 rings (SSSR count). The van der Waals surface area contributed by atoms with Gasteiger partial charge in [-0.2, -0.15) is 0 Å². The number of allylic oxidation sites excluding steroid dienone is 3. The summed E-state index contributed by atoms with van der Waals surface area (Å²) in [5.41, 5.74) is 6.71. The normalized spacial score (nSPS) is 11.6. The molecule has 202 valence electrons. The van der Waals surface area contributed by atoms with Gasteiger partial charge >= 0.3 is 7.12 Å². The van der Waals surface area contributed by atoms with Crippen LogP contribution in [0.15, 0.2) is 72.9 Å². The average Bonchev–Trinajstić information content (AvgIpc) is 3.25. The van der Waals surface area contributed by atoms with E-state index in [0.29, 0.717) is 12.8 Å². The minimum absolute atomic E-state index is 0.193. The van der Waals surface area contributed by atoms with Gasteiger partial charge in [0.05, 0.1) is 12.5 Å². The lowest BCUT2D eigenvalue weighted by Gasteiger charge is -2.19. The maximum atomic E-state index is 11.4. The van der Waals surface area contributed by atoms with Crippen molar-refractivity contribution in [2.45, 2.75) is 53.4 Å². The summed E-state index contributed by atoms with van der Waals surface area (Å²) in [4.78, 5) is 23.7. The van der Waals surface area contributed by atoms with Crippen molar-refractivity contribution < 1.29 is 19.6 Å². The van der Waals surface area contributed by atoms with Gasteiger partial charge in [-0.05, 0) is 49.5 Å². The molecule has 0 saturated heterocycles. The number of rotatable bonds is 9. The molecular weight excluding hydrogens is 465 g/mol. The van der Waals surface area contributed by atoms with Gasteiger partial charge in [0.2, 0.25) is 12.3 Å². The van der Waals surface area contributed by atoms with Gasteiger partial charge in [0.25, 0.3) is 0 Å². The van der Waals surface area contributed by atoms with Crippen LogP contribution in [0.2, 0.25) is 0 Å². The quantitative estimate of drug-likeness (QED) is 0.235. The smallest absolute Gasteiger partial charge is 0.426 e. The zero-order valence-electron chi connectivity index (χ0n) is 23.2. The first-order valence-electron chi connectivity index (χ1n) is 12.7.